The molecular weight excluding hydrogens is 399 g/mol. The maximum atomic E-state index is 6.02. The van der Waals surface area contributed by atoms with Crippen LogP contribution >= 0.6 is 34.2 Å². The van der Waals surface area contributed by atoms with E-state index in [9.17, 15) is 0 Å². The molecule has 1 unspecified atom stereocenters. The Morgan fingerprint density at radius 2 is 2.10 bits per heavy atom. The number of aromatic nitrogens is 2. The van der Waals surface area contributed by atoms with E-state index in [4.69, 9.17) is 11.6 Å². The second-order valence-corrected chi connectivity index (χ2v) is 6.14. The van der Waals surface area contributed by atoms with Crippen LogP contribution in [0, 0.1) is 3.70 Å². The minimum atomic E-state index is 0.124. The van der Waals surface area contributed by atoms with Crippen LogP contribution in [0.5, 0.6) is 0 Å². The number of hydrogen-bond acceptors (Lipinski definition) is 4. The molecule has 1 atom stereocenters. The zero-order valence-corrected chi connectivity index (χ0v) is 14.2. The Bertz CT molecular complexity index is 662. The van der Waals surface area contributed by atoms with Crippen molar-refractivity contribution in [2.24, 2.45) is 0 Å². The molecule has 108 valence electrons. The molecule has 21 heavy (non-hydrogen) atoms. The molecular formula is C15H14ClIN4. The summed E-state index contributed by atoms with van der Waals surface area (Å²) >= 11 is 8.20. The first-order valence-electron chi connectivity index (χ1n) is 6.60. The van der Waals surface area contributed by atoms with Crippen molar-refractivity contribution in [1.82, 2.24) is 9.97 Å². The van der Waals surface area contributed by atoms with Gasteiger partial charge < -0.3 is 10.2 Å². The van der Waals surface area contributed by atoms with Crippen molar-refractivity contribution in [3.05, 3.63) is 57.5 Å². The molecule has 0 saturated heterocycles. The van der Waals surface area contributed by atoms with Crippen LogP contribution in [-0.4, -0.2) is 16.1 Å². The zero-order chi connectivity index (χ0) is 14.8. The Balaban J connectivity index is 1.98. The quantitative estimate of drug-likeness (QED) is 0.356. The van der Waals surface area contributed by atoms with Gasteiger partial charge in [-0.15, -0.1) is 6.58 Å². The summed E-state index contributed by atoms with van der Waals surface area (Å²) in [5, 5.41) is 3.74. The number of fused-ring (bicyclic) bond motifs is 1. The summed E-state index contributed by atoms with van der Waals surface area (Å²) < 4.78 is 0.840. The number of nitrogens with zero attached hydrogens (tertiary/aromatic N) is 3. The molecule has 0 bridgehead atoms. The molecule has 2 aromatic rings. The highest BCUT2D eigenvalue weighted by atomic mass is 127. The minimum absolute atomic E-state index is 0.124. The van der Waals surface area contributed by atoms with E-state index in [1.165, 1.54) is 5.56 Å². The van der Waals surface area contributed by atoms with Crippen LogP contribution in [0.1, 0.15) is 12.0 Å². The van der Waals surface area contributed by atoms with Gasteiger partial charge in [0.2, 0.25) is 5.28 Å². The lowest BCUT2D eigenvalue weighted by Crippen LogP contribution is -2.35. The van der Waals surface area contributed by atoms with E-state index in [1.807, 2.05) is 24.3 Å². The van der Waals surface area contributed by atoms with Crippen LogP contribution in [0.15, 0.2) is 43.0 Å². The largest absolute Gasteiger partial charge is 0.360 e. The fraction of sp³-hybridized carbons (Fsp3) is 0.200. The van der Waals surface area contributed by atoms with Gasteiger partial charge in [0.15, 0.2) is 5.82 Å². The van der Waals surface area contributed by atoms with Crippen molar-refractivity contribution in [1.29, 1.82) is 0 Å². The average molecular weight is 413 g/mol. The second kappa shape index (κ2) is 6.19. The van der Waals surface area contributed by atoms with Gasteiger partial charge in [0.05, 0.1) is 0 Å². The Labute approximate surface area is 142 Å². The molecule has 0 fully saturated rings. The van der Waals surface area contributed by atoms with Crippen molar-refractivity contribution in [2.75, 3.05) is 10.2 Å². The minimum Gasteiger partial charge on any atom is -0.360 e. The van der Waals surface area contributed by atoms with E-state index in [2.05, 4.69) is 61.5 Å². The fourth-order valence-electron chi connectivity index (χ4n) is 2.43. The third-order valence-electron chi connectivity index (χ3n) is 3.36. The predicted octanol–water partition coefficient (Wildman–Crippen LogP) is 4.07. The van der Waals surface area contributed by atoms with Crippen LogP contribution in [0.25, 0.3) is 0 Å². The van der Waals surface area contributed by atoms with Gasteiger partial charge in [-0.2, -0.15) is 4.98 Å². The molecule has 0 aliphatic carbocycles. The van der Waals surface area contributed by atoms with Crippen LogP contribution in [-0.2, 0) is 6.54 Å². The van der Waals surface area contributed by atoms with Gasteiger partial charge in [0, 0.05) is 13.0 Å². The van der Waals surface area contributed by atoms with E-state index in [0.717, 1.165) is 28.2 Å². The van der Waals surface area contributed by atoms with Crippen LogP contribution in [0.4, 0.5) is 11.5 Å². The van der Waals surface area contributed by atoms with Crippen molar-refractivity contribution in [3.63, 3.8) is 0 Å². The number of anilines is 2. The zero-order valence-electron chi connectivity index (χ0n) is 11.3. The normalized spacial score (nSPS) is 16.5. The summed E-state index contributed by atoms with van der Waals surface area (Å²) in [4.78, 5) is 10.8. The Morgan fingerprint density at radius 3 is 2.81 bits per heavy atom. The summed E-state index contributed by atoms with van der Waals surface area (Å²) in [6, 6.07) is 10.3. The number of halogens is 2. The van der Waals surface area contributed by atoms with Crippen LogP contribution < -0.4 is 10.2 Å². The lowest BCUT2D eigenvalue weighted by molar-refractivity contribution is 0.673. The van der Waals surface area contributed by atoms with Crippen molar-refractivity contribution in [3.8, 4) is 0 Å². The molecule has 0 spiro atoms. The van der Waals surface area contributed by atoms with E-state index >= 15 is 0 Å². The first-order chi connectivity index (χ1) is 10.2. The average Bonchev–Trinajstić information content (AvgIpc) is 2.79. The lowest BCUT2D eigenvalue weighted by atomic mass is 10.2. The SMILES string of the molecule is C=CCC1Nc2c(I)nc(Cl)nc2N1Cc1ccccc1. The van der Waals surface area contributed by atoms with Gasteiger partial charge in [-0.3, -0.25) is 0 Å². The van der Waals surface area contributed by atoms with E-state index in [1.54, 1.807) is 0 Å². The van der Waals surface area contributed by atoms with Crippen LogP contribution in [0.3, 0.4) is 0 Å². The van der Waals surface area contributed by atoms with E-state index < -0.39 is 0 Å². The van der Waals surface area contributed by atoms with Crippen molar-refractivity contribution < 1.29 is 0 Å². The lowest BCUT2D eigenvalue weighted by Gasteiger charge is -2.25. The summed E-state index contributed by atoms with van der Waals surface area (Å²) in [6.07, 6.45) is 2.85. The van der Waals surface area contributed by atoms with Crippen molar-refractivity contribution >= 4 is 45.7 Å². The Kier molecular flexibility index (Phi) is 4.30. The molecule has 1 aliphatic heterocycles. The predicted molar refractivity (Wildman–Crippen MR) is 94.6 cm³/mol. The molecule has 2 heterocycles. The number of nitrogens with one attached hydrogen (secondary N) is 1. The highest BCUT2D eigenvalue weighted by Gasteiger charge is 2.31. The van der Waals surface area contributed by atoms with E-state index in [0.29, 0.717) is 0 Å². The first-order valence-corrected chi connectivity index (χ1v) is 8.05. The third kappa shape index (κ3) is 2.98. The maximum absolute atomic E-state index is 6.02. The standard InChI is InChI=1S/C15H14ClIN4/c1-2-6-11-18-12-13(17)19-15(16)20-14(12)21(11)9-10-7-4-3-5-8-10/h2-5,7-8,11,18H,1,6,9H2. The summed E-state index contributed by atoms with van der Waals surface area (Å²) in [5.74, 6) is 0.857. The second-order valence-electron chi connectivity index (χ2n) is 4.78. The van der Waals surface area contributed by atoms with Gasteiger partial charge in [0.25, 0.3) is 0 Å². The van der Waals surface area contributed by atoms with Crippen LogP contribution in [0.2, 0.25) is 5.28 Å². The molecule has 0 radical (unpaired) electrons. The molecule has 0 amide bonds. The molecule has 1 aliphatic rings. The number of benzene rings is 1. The molecule has 1 aromatic carbocycles. The van der Waals surface area contributed by atoms with Gasteiger partial charge in [0.1, 0.15) is 15.6 Å². The molecule has 1 N–H and O–H groups in total. The monoisotopic (exact) mass is 412 g/mol. The molecule has 1 aromatic heterocycles. The maximum Gasteiger partial charge on any atom is 0.225 e. The van der Waals surface area contributed by atoms with Gasteiger partial charge in [-0.05, 0) is 39.8 Å². The topological polar surface area (TPSA) is 41.1 Å². The smallest absolute Gasteiger partial charge is 0.225 e. The molecule has 0 saturated carbocycles. The highest BCUT2D eigenvalue weighted by Crippen LogP contribution is 2.38. The third-order valence-corrected chi connectivity index (χ3v) is 4.31. The van der Waals surface area contributed by atoms with Gasteiger partial charge in [-0.25, -0.2) is 4.98 Å². The Morgan fingerprint density at radius 1 is 1.33 bits per heavy atom. The van der Waals surface area contributed by atoms with Crippen molar-refractivity contribution in [2.45, 2.75) is 19.1 Å². The molecule has 6 heteroatoms. The van der Waals surface area contributed by atoms with Gasteiger partial charge >= 0.3 is 0 Å². The summed E-state index contributed by atoms with van der Waals surface area (Å²) in [5.41, 5.74) is 2.17. The summed E-state index contributed by atoms with van der Waals surface area (Å²) in [6.45, 7) is 4.60. The fourth-order valence-corrected chi connectivity index (χ4v) is 3.36. The highest BCUT2D eigenvalue weighted by molar-refractivity contribution is 14.1. The van der Waals surface area contributed by atoms with E-state index in [-0.39, 0.29) is 11.4 Å². The first kappa shape index (κ1) is 14.6. The number of rotatable bonds is 4. The van der Waals surface area contributed by atoms with Gasteiger partial charge in [-0.1, -0.05) is 36.4 Å². The molecule has 4 nitrogen and oxygen atoms in total. The Hall–Kier alpha value is -1.34. The summed E-state index contributed by atoms with van der Waals surface area (Å²) in [7, 11) is 0. The molecule has 3 rings (SSSR count). The number of hydrogen-bond donors (Lipinski definition) is 1.